The summed E-state index contributed by atoms with van der Waals surface area (Å²) < 4.78 is 12.4. The highest BCUT2D eigenvalue weighted by atomic mass is 16.5. The second-order valence-electron chi connectivity index (χ2n) is 7.01. The van der Waals surface area contributed by atoms with Crippen LogP contribution in [0.15, 0.2) is 48.7 Å². The summed E-state index contributed by atoms with van der Waals surface area (Å²) in [6.45, 7) is 2.92. The molecule has 0 spiro atoms. The molecule has 3 aromatic heterocycles. The van der Waals surface area contributed by atoms with Crippen molar-refractivity contribution in [2.45, 2.75) is 20.1 Å². The molecule has 4 aromatic rings. The molecule has 158 valence electrons. The van der Waals surface area contributed by atoms with Crippen LogP contribution >= 0.6 is 0 Å². The van der Waals surface area contributed by atoms with Gasteiger partial charge in [-0.25, -0.2) is 14.6 Å². The first-order valence-electron chi connectivity index (χ1n) is 9.70. The van der Waals surface area contributed by atoms with E-state index in [2.05, 4.69) is 25.3 Å². The average Bonchev–Trinajstić information content (AvgIpc) is 3.22. The lowest BCUT2D eigenvalue weighted by molar-refractivity contribution is 0.181. The number of anilines is 1. The second-order valence-corrected chi connectivity index (χ2v) is 7.01. The number of pyridine rings is 1. The van der Waals surface area contributed by atoms with Crippen molar-refractivity contribution < 1.29 is 9.47 Å². The summed E-state index contributed by atoms with van der Waals surface area (Å²) in [4.78, 5) is 13.3. The fraction of sp³-hybridized carbons (Fsp3) is 0.227. The van der Waals surface area contributed by atoms with E-state index in [1.165, 1.54) is 0 Å². The summed E-state index contributed by atoms with van der Waals surface area (Å²) in [5, 5.41) is 8.47. The molecule has 9 heteroatoms. The van der Waals surface area contributed by atoms with E-state index >= 15 is 0 Å². The lowest BCUT2D eigenvalue weighted by Crippen LogP contribution is -2.04. The third-order valence-corrected chi connectivity index (χ3v) is 4.72. The van der Waals surface area contributed by atoms with E-state index in [1.54, 1.807) is 18.9 Å². The molecule has 0 atom stereocenters. The second kappa shape index (κ2) is 8.88. The van der Waals surface area contributed by atoms with E-state index in [0.29, 0.717) is 30.2 Å². The van der Waals surface area contributed by atoms with Gasteiger partial charge >= 0.3 is 0 Å². The molecule has 4 rings (SSSR count). The van der Waals surface area contributed by atoms with Gasteiger partial charge in [0.2, 0.25) is 5.95 Å². The van der Waals surface area contributed by atoms with Crippen LogP contribution in [0, 0.1) is 6.92 Å². The van der Waals surface area contributed by atoms with E-state index in [0.717, 1.165) is 28.3 Å². The summed E-state index contributed by atoms with van der Waals surface area (Å²) >= 11 is 0. The molecule has 0 saturated heterocycles. The molecule has 1 aromatic carbocycles. The third kappa shape index (κ3) is 4.51. The van der Waals surface area contributed by atoms with E-state index < -0.39 is 0 Å². The maximum absolute atomic E-state index is 6.00. The Kier molecular flexibility index (Phi) is 5.85. The minimum Gasteiger partial charge on any atom is -0.496 e. The summed E-state index contributed by atoms with van der Waals surface area (Å²) in [5.41, 5.74) is 11.4. The molecule has 0 aliphatic heterocycles. The van der Waals surface area contributed by atoms with Gasteiger partial charge in [0.25, 0.3) is 0 Å². The van der Waals surface area contributed by atoms with Crippen molar-refractivity contribution in [3.05, 3.63) is 65.6 Å². The normalized spacial score (nSPS) is 10.9. The molecule has 9 nitrogen and oxygen atoms in total. The number of nitrogens with zero attached hydrogens (tertiary/aromatic N) is 6. The molecule has 0 unspecified atom stereocenters. The van der Waals surface area contributed by atoms with Gasteiger partial charge in [0, 0.05) is 12.7 Å². The maximum Gasteiger partial charge on any atom is 0.221 e. The summed E-state index contributed by atoms with van der Waals surface area (Å²) in [5.74, 6) is 0.900. The first-order chi connectivity index (χ1) is 15.1. The van der Waals surface area contributed by atoms with Crippen molar-refractivity contribution in [1.82, 2.24) is 29.9 Å². The molecular formula is C22H23N7O2. The topological polar surface area (TPSA) is 114 Å². The van der Waals surface area contributed by atoms with Crippen LogP contribution in [-0.2, 0) is 17.9 Å². The van der Waals surface area contributed by atoms with Crippen molar-refractivity contribution in [1.29, 1.82) is 0 Å². The zero-order chi connectivity index (χ0) is 21.8. The monoisotopic (exact) mass is 417 g/mol. The molecule has 2 N–H and O–H groups in total. The van der Waals surface area contributed by atoms with E-state index in [4.69, 9.17) is 15.2 Å². The molecule has 0 aliphatic rings. The van der Waals surface area contributed by atoms with Crippen LogP contribution in [0.5, 0.6) is 5.75 Å². The Balaban J connectivity index is 1.64. The minimum atomic E-state index is 0.152. The minimum absolute atomic E-state index is 0.152. The van der Waals surface area contributed by atoms with Crippen molar-refractivity contribution in [3.8, 4) is 28.4 Å². The Bertz CT molecular complexity index is 1210. The van der Waals surface area contributed by atoms with Gasteiger partial charge < -0.3 is 15.2 Å². The Labute approximate surface area is 179 Å². The first-order valence-corrected chi connectivity index (χ1v) is 9.70. The van der Waals surface area contributed by atoms with Crippen LogP contribution in [0.3, 0.4) is 0 Å². The first kappa shape index (κ1) is 20.4. The largest absolute Gasteiger partial charge is 0.496 e. The van der Waals surface area contributed by atoms with Gasteiger partial charge in [-0.05, 0) is 36.8 Å². The predicted molar refractivity (Wildman–Crippen MR) is 116 cm³/mol. The number of nitrogen functional groups attached to an aromatic ring is 1. The number of methoxy groups -OCH3 is 2. The van der Waals surface area contributed by atoms with Gasteiger partial charge in [0.05, 0.1) is 49.2 Å². The summed E-state index contributed by atoms with van der Waals surface area (Å²) in [6.07, 6.45) is 1.81. The lowest BCUT2D eigenvalue weighted by atomic mass is 10.1. The number of hydrogen-bond acceptors (Lipinski definition) is 8. The summed E-state index contributed by atoms with van der Waals surface area (Å²) in [7, 11) is 3.28. The fourth-order valence-electron chi connectivity index (χ4n) is 3.36. The average molecular weight is 417 g/mol. The van der Waals surface area contributed by atoms with Crippen LogP contribution in [-0.4, -0.2) is 44.2 Å². The number of aryl methyl sites for hydroxylation is 1. The Hall–Kier alpha value is -3.85. The number of ether oxygens (including phenoxy) is 2. The lowest BCUT2D eigenvalue weighted by Gasteiger charge is -2.11. The van der Waals surface area contributed by atoms with E-state index in [9.17, 15) is 0 Å². The fourth-order valence-corrected chi connectivity index (χ4v) is 3.36. The molecule has 0 saturated carbocycles. The molecule has 0 radical (unpaired) electrons. The van der Waals surface area contributed by atoms with Crippen molar-refractivity contribution in [2.24, 2.45) is 0 Å². The Morgan fingerprint density at radius 3 is 2.52 bits per heavy atom. The Morgan fingerprint density at radius 1 is 0.935 bits per heavy atom. The Morgan fingerprint density at radius 2 is 1.71 bits per heavy atom. The van der Waals surface area contributed by atoms with E-state index in [-0.39, 0.29) is 5.95 Å². The number of para-hydroxylation sites is 1. The van der Waals surface area contributed by atoms with Gasteiger partial charge in [-0.3, -0.25) is 4.98 Å². The molecule has 0 aliphatic carbocycles. The number of aromatic nitrogens is 6. The van der Waals surface area contributed by atoms with Gasteiger partial charge in [0.1, 0.15) is 11.4 Å². The van der Waals surface area contributed by atoms with Gasteiger partial charge in [-0.15, -0.1) is 5.10 Å². The molecule has 3 heterocycles. The number of hydrogen-bond donors (Lipinski definition) is 1. The van der Waals surface area contributed by atoms with Gasteiger partial charge in [-0.1, -0.05) is 23.4 Å². The van der Waals surface area contributed by atoms with Crippen molar-refractivity contribution >= 4 is 5.95 Å². The van der Waals surface area contributed by atoms with Crippen molar-refractivity contribution in [3.63, 3.8) is 0 Å². The molecular weight excluding hydrogens is 394 g/mol. The molecule has 0 fully saturated rings. The quantitative estimate of drug-likeness (QED) is 0.488. The zero-order valence-corrected chi connectivity index (χ0v) is 17.6. The highest BCUT2D eigenvalue weighted by Crippen LogP contribution is 2.33. The van der Waals surface area contributed by atoms with Crippen molar-refractivity contribution in [2.75, 3.05) is 20.0 Å². The van der Waals surface area contributed by atoms with Gasteiger partial charge in [-0.2, -0.15) is 0 Å². The standard InChI is InChI=1S/C22H23N7O2/c1-14-6-4-9-17(21(14)31-3)18-10-19(26-22(23)25-18)20-12-29(28-27-20)11-15-7-5-8-16(24-15)13-30-2/h4-10,12H,11,13H2,1-3H3,(H2,23,25,26). The number of benzene rings is 1. The summed E-state index contributed by atoms with van der Waals surface area (Å²) in [6, 6.07) is 13.5. The maximum atomic E-state index is 6.00. The van der Waals surface area contributed by atoms with Crippen LogP contribution in [0.2, 0.25) is 0 Å². The number of nitrogens with two attached hydrogens (primary N) is 1. The molecule has 0 bridgehead atoms. The number of rotatable bonds is 7. The van der Waals surface area contributed by atoms with Gasteiger partial charge in [0.15, 0.2) is 0 Å². The smallest absolute Gasteiger partial charge is 0.221 e. The highest BCUT2D eigenvalue weighted by Gasteiger charge is 2.14. The SMILES string of the molecule is COCc1cccc(Cn2cc(-c3cc(-c4cccc(C)c4OC)nc(N)n3)nn2)n1. The zero-order valence-electron chi connectivity index (χ0n) is 17.6. The van der Waals surface area contributed by atoms with Crippen LogP contribution < -0.4 is 10.5 Å². The van der Waals surface area contributed by atoms with Crippen LogP contribution in [0.25, 0.3) is 22.6 Å². The molecule has 0 amide bonds. The van der Waals surface area contributed by atoms with Crippen LogP contribution in [0.1, 0.15) is 17.0 Å². The highest BCUT2D eigenvalue weighted by molar-refractivity contribution is 5.73. The third-order valence-electron chi connectivity index (χ3n) is 4.72. The molecule has 31 heavy (non-hydrogen) atoms. The predicted octanol–water partition coefficient (Wildman–Crippen LogP) is 2.89. The van der Waals surface area contributed by atoms with Crippen LogP contribution in [0.4, 0.5) is 5.95 Å². The van der Waals surface area contributed by atoms with E-state index in [1.807, 2.05) is 55.6 Å².